The van der Waals surface area contributed by atoms with Gasteiger partial charge in [0.05, 0.1) is 26.4 Å². The van der Waals surface area contributed by atoms with Crippen molar-refractivity contribution in [1.82, 2.24) is 0 Å². The van der Waals surface area contributed by atoms with Crippen molar-refractivity contribution in [3.05, 3.63) is 12.2 Å². The number of rotatable bonds is 16. The molecule has 0 heterocycles. The minimum atomic E-state index is -3.90. The normalized spacial score (nSPS) is 12.4. The zero-order chi connectivity index (χ0) is 23.0. The van der Waals surface area contributed by atoms with Crippen molar-refractivity contribution in [2.75, 3.05) is 49.9 Å². The molecule has 0 amide bonds. The summed E-state index contributed by atoms with van der Waals surface area (Å²) in [5.41, 5.74) is 0.654. The molecule has 0 saturated carbocycles. The van der Waals surface area contributed by atoms with Crippen molar-refractivity contribution >= 4 is 85.3 Å². The maximum Gasteiger partial charge on any atom is 0.477 e. The Morgan fingerprint density at radius 2 is 1.21 bits per heavy atom. The van der Waals surface area contributed by atoms with Gasteiger partial charge in [-0.1, -0.05) is 35.4 Å². The molecule has 16 heteroatoms. The molecule has 0 aliphatic carbocycles. The quantitative estimate of drug-likeness (QED) is 0.128. The van der Waals surface area contributed by atoms with E-state index >= 15 is 0 Å². The molecule has 29 heavy (non-hydrogen) atoms. The SMILES string of the molecule is C=C(C)CC(Cl)(Cl)OP(=O)(OCCCl)OCCCl.O=P(O)(OCCCl)OCCCl. The van der Waals surface area contributed by atoms with Crippen LogP contribution in [0.2, 0.25) is 0 Å². The van der Waals surface area contributed by atoms with E-state index in [2.05, 4.69) is 15.6 Å². The summed E-state index contributed by atoms with van der Waals surface area (Å²) in [4.78, 5) is 8.77. The molecule has 0 aliphatic rings. The monoisotopic (exact) mass is 580 g/mol. The summed E-state index contributed by atoms with van der Waals surface area (Å²) in [6.07, 6.45) is 0.0779. The van der Waals surface area contributed by atoms with Gasteiger partial charge in [-0.2, -0.15) is 0 Å². The van der Waals surface area contributed by atoms with E-state index in [0.717, 1.165) is 0 Å². The van der Waals surface area contributed by atoms with Crippen LogP contribution in [0.15, 0.2) is 12.2 Å². The molecule has 0 saturated heterocycles. The molecule has 0 spiro atoms. The Labute approximate surface area is 201 Å². The van der Waals surface area contributed by atoms with Crippen LogP contribution in [0.25, 0.3) is 0 Å². The van der Waals surface area contributed by atoms with Crippen LogP contribution in [0.1, 0.15) is 13.3 Å². The van der Waals surface area contributed by atoms with Crippen molar-refractivity contribution in [2.45, 2.75) is 17.9 Å². The summed E-state index contributed by atoms with van der Waals surface area (Å²) in [5, 5.41) is 0. The molecule has 0 aromatic rings. The number of phosphoric acid groups is 2. The molecule has 0 unspecified atom stereocenters. The van der Waals surface area contributed by atoms with Crippen LogP contribution < -0.4 is 0 Å². The number of phosphoric ester groups is 2. The topological polar surface area (TPSA) is 101 Å². The van der Waals surface area contributed by atoms with Gasteiger partial charge in [0.1, 0.15) is 0 Å². The molecule has 176 valence electrons. The lowest BCUT2D eigenvalue weighted by atomic mass is 10.3. The molecule has 8 nitrogen and oxygen atoms in total. The summed E-state index contributed by atoms with van der Waals surface area (Å²) >= 11 is 33.0. The Hall–Kier alpha value is 1.70. The lowest BCUT2D eigenvalue weighted by molar-refractivity contribution is 0.0982. The van der Waals surface area contributed by atoms with Gasteiger partial charge in [0, 0.05) is 29.9 Å². The highest BCUT2D eigenvalue weighted by Crippen LogP contribution is 2.55. The van der Waals surface area contributed by atoms with Gasteiger partial charge in [-0.05, 0) is 6.92 Å². The first-order valence-corrected chi connectivity index (χ1v) is 13.7. The number of alkyl halides is 6. The number of halogens is 6. The lowest BCUT2D eigenvalue weighted by Crippen LogP contribution is -2.19. The minimum Gasteiger partial charge on any atom is -0.302 e. The molecule has 0 fully saturated rings. The Kier molecular flexibility index (Phi) is 20.6. The van der Waals surface area contributed by atoms with E-state index in [0.29, 0.717) is 5.57 Å². The van der Waals surface area contributed by atoms with Crippen molar-refractivity contribution in [3.63, 3.8) is 0 Å². The van der Waals surface area contributed by atoms with Gasteiger partial charge < -0.3 is 4.89 Å². The third-order valence-electron chi connectivity index (χ3n) is 2.07. The fourth-order valence-electron chi connectivity index (χ4n) is 1.27. The zero-order valence-corrected chi connectivity index (χ0v) is 21.9. The maximum atomic E-state index is 12.1. The maximum absolute atomic E-state index is 12.1. The second-order valence-corrected chi connectivity index (χ2v) is 10.8. The Morgan fingerprint density at radius 3 is 1.52 bits per heavy atom. The van der Waals surface area contributed by atoms with Crippen LogP contribution in [-0.2, 0) is 31.7 Å². The Morgan fingerprint density at radius 1 is 0.862 bits per heavy atom. The van der Waals surface area contributed by atoms with Gasteiger partial charge in [0.2, 0.25) is 4.52 Å². The summed E-state index contributed by atoms with van der Waals surface area (Å²) in [7, 11) is -7.80. The fraction of sp³-hybridized carbons (Fsp3) is 0.846. The smallest absolute Gasteiger partial charge is 0.302 e. The predicted molar refractivity (Wildman–Crippen MR) is 119 cm³/mol. The molecular formula is C13H24Cl6O8P2. The van der Waals surface area contributed by atoms with E-state index in [-0.39, 0.29) is 56.4 Å². The van der Waals surface area contributed by atoms with Gasteiger partial charge in [-0.15, -0.1) is 46.4 Å². The van der Waals surface area contributed by atoms with E-state index in [1.807, 2.05) is 0 Å². The lowest BCUT2D eigenvalue weighted by Gasteiger charge is -2.25. The van der Waals surface area contributed by atoms with Gasteiger partial charge in [0.15, 0.2) is 0 Å². The van der Waals surface area contributed by atoms with Crippen LogP contribution in [0.5, 0.6) is 0 Å². The fourth-order valence-corrected chi connectivity index (χ4v) is 4.89. The van der Waals surface area contributed by atoms with Gasteiger partial charge in [-0.25, -0.2) is 13.7 Å². The average Bonchev–Trinajstić information content (AvgIpc) is 2.60. The third-order valence-corrected chi connectivity index (χ3v) is 5.87. The summed E-state index contributed by atoms with van der Waals surface area (Å²) in [6, 6.07) is 0. The molecule has 0 atom stereocenters. The zero-order valence-electron chi connectivity index (χ0n) is 15.5. The molecule has 0 aromatic heterocycles. The first-order chi connectivity index (χ1) is 13.4. The van der Waals surface area contributed by atoms with Crippen LogP contribution in [0.3, 0.4) is 0 Å². The van der Waals surface area contributed by atoms with E-state index < -0.39 is 20.2 Å². The van der Waals surface area contributed by atoms with Crippen LogP contribution in [0, 0.1) is 0 Å². The van der Waals surface area contributed by atoms with Crippen molar-refractivity contribution in [2.24, 2.45) is 0 Å². The highest BCUT2D eigenvalue weighted by Gasteiger charge is 2.38. The number of hydrogen-bond acceptors (Lipinski definition) is 7. The third kappa shape index (κ3) is 21.3. The van der Waals surface area contributed by atoms with E-state index in [1.54, 1.807) is 6.92 Å². The Balaban J connectivity index is 0. The first-order valence-electron chi connectivity index (χ1n) is 7.84. The van der Waals surface area contributed by atoms with Crippen LogP contribution >= 0.6 is 85.3 Å². The van der Waals surface area contributed by atoms with Crippen molar-refractivity contribution < 1.29 is 36.6 Å². The first kappa shape index (κ1) is 32.9. The summed E-state index contributed by atoms with van der Waals surface area (Å²) in [6.45, 7) is 5.24. The minimum absolute atomic E-state index is 0.0163. The molecule has 0 aromatic carbocycles. The number of hydrogen-bond donors (Lipinski definition) is 1. The van der Waals surface area contributed by atoms with E-state index in [4.69, 9.17) is 88.1 Å². The Bertz CT molecular complexity index is 515. The predicted octanol–water partition coefficient (Wildman–Crippen LogP) is 6.32. The van der Waals surface area contributed by atoms with Gasteiger partial charge in [-0.3, -0.25) is 18.1 Å². The van der Waals surface area contributed by atoms with Crippen LogP contribution in [0.4, 0.5) is 0 Å². The average molecular weight is 583 g/mol. The second kappa shape index (κ2) is 18.2. The van der Waals surface area contributed by atoms with E-state index in [9.17, 15) is 9.13 Å². The standard InChI is InChI=1S/C9H15Cl4O4P.C4H9Cl2O4P/c1-8(2)7-9(12,13)17-18(14,15-5-3-10)16-6-4-11;5-1-3-9-11(7,8)10-4-2-6/h1,3-7H2,2H3;1-4H2,(H,7,8). The van der Waals surface area contributed by atoms with Gasteiger partial charge >= 0.3 is 15.6 Å². The van der Waals surface area contributed by atoms with Crippen molar-refractivity contribution in [1.29, 1.82) is 0 Å². The molecule has 0 bridgehead atoms. The second-order valence-electron chi connectivity index (χ2n) is 4.87. The molecule has 0 aliphatic heterocycles. The molecule has 0 rings (SSSR count). The van der Waals surface area contributed by atoms with E-state index in [1.165, 1.54) is 0 Å². The highest BCUT2D eigenvalue weighted by molar-refractivity contribution is 7.48. The summed E-state index contributed by atoms with van der Waals surface area (Å²) in [5.74, 6) is 0.537. The van der Waals surface area contributed by atoms with Crippen LogP contribution in [-0.4, -0.2) is 59.4 Å². The summed E-state index contributed by atoms with van der Waals surface area (Å²) < 4.78 is 44.7. The largest absolute Gasteiger partial charge is 0.477 e. The van der Waals surface area contributed by atoms with Gasteiger partial charge in [0.25, 0.3) is 0 Å². The molecular weight excluding hydrogens is 559 g/mol. The molecule has 1 N–H and O–H groups in total. The molecule has 0 radical (unpaired) electrons. The van der Waals surface area contributed by atoms with Crippen molar-refractivity contribution in [3.8, 4) is 0 Å². The highest BCUT2D eigenvalue weighted by atomic mass is 35.5.